The first-order valence-corrected chi connectivity index (χ1v) is 14.3. The molecule has 1 fully saturated rings. The predicted octanol–water partition coefficient (Wildman–Crippen LogP) is 6.49. The van der Waals surface area contributed by atoms with E-state index in [0.29, 0.717) is 33.0 Å². The van der Waals surface area contributed by atoms with Gasteiger partial charge in [0.25, 0.3) is 0 Å². The fourth-order valence-corrected chi connectivity index (χ4v) is 5.17. The van der Waals surface area contributed by atoms with Crippen molar-refractivity contribution in [3.05, 3.63) is 156 Å². The second kappa shape index (κ2) is 15.4. The Hall–Kier alpha value is -3.58. The fraction of sp³-hybridized carbons (Fsp3) is 0.278. The van der Waals surface area contributed by atoms with Crippen molar-refractivity contribution in [2.45, 2.75) is 56.8 Å². The van der Waals surface area contributed by atoms with E-state index in [1.807, 2.05) is 66.7 Å². The maximum Gasteiger partial charge on any atom is 0.114 e. The van der Waals surface area contributed by atoms with Crippen LogP contribution in [0.1, 0.15) is 22.3 Å². The minimum atomic E-state index is -0.376. The number of hydrogen-bond donors (Lipinski definition) is 1. The topological polar surface area (TPSA) is 49.0 Å². The van der Waals surface area contributed by atoms with E-state index in [1.165, 1.54) is 5.56 Å². The Kier molecular flexibility index (Phi) is 10.9. The Bertz CT molecular complexity index is 1290. The third-order valence-electron chi connectivity index (χ3n) is 7.31. The Labute approximate surface area is 243 Å². The molecule has 1 heterocycles. The van der Waals surface area contributed by atoms with Crippen LogP contribution in [0, 0.1) is 0 Å². The molecule has 5 nitrogen and oxygen atoms in total. The first-order valence-electron chi connectivity index (χ1n) is 14.3. The lowest BCUT2D eigenvalue weighted by Crippen LogP contribution is -2.64. The first-order chi connectivity index (χ1) is 20.3. The molecule has 0 bridgehead atoms. The second-order valence-corrected chi connectivity index (χ2v) is 10.3. The number of hydrogen-bond acceptors (Lipinski definition) is 5. The highest BCUT2D eigenvalue weighted by Gasteiger charge is 2.46. The second-order valence-electron chi connectivity index (χ2n) is 10.3. The summed E-state index contributed by atoms with van der Waals surface area (Å²) in [6, 6.07) is 40.8. The molecule has 1 aliphatic rings. The SMILES string of the molecule is C=C[C@H]1O[C@H](COCc2ccccc2)[C@@H](OCc2ccccc2)[C@H](OCc2ccccc2)[C@H]1NCc1ccccc1. The fourth-order valence-electron chi connectivity index (χ4n) is 5.17. The molecule has 0 amide bonds. The van der Waals surface area contributed by atoms with E-state index in [-0.39, 0.29) is 30.5 Å². The van der Waals surface area contributed by atoms with Gasteiger partial charge < -0.3 is 24.3 Å². The highest BCUT2D eigenvalue weighted by atomic mass is 16.6. The summed E-state index contributed by atoms with van der Waals surface area (Å²) in [6.07, 6.45) is 0.533. The van der Waals surface area contributed by atoms with Crippen LogP contribution in [0.25, 0.3) is 0 Å². The van der Waals surface area contributed by atoms with E-state index >= 15 is 0 Å². The highest BCUT2D eigenvalue weighted by molar-refractivity contribution is 5.17. The van der Waals surface area contributed by atoms with Crippen LogP contribution in [-0.2, 0) is 45.3 Å². The summed E-state index contributed by atoms with van der Waals surface area (Å²) in [5.41, 5.74) is 4.50. The maximum absolute atomic E-state index is 6.73. The van der Waals surface area contributed by atoms with Crippen molar-refractivity contribution in [3.8, 4) is 0 Å². The highest BCUT2D eigenvalue weighted by Crippen LogP contribution is 2.29. The summed E-state index contributed by atoms with van der Waals surface area (Å²) in [5.74, 6) is 0. The van der Waals surface area contributed by atoms with Gasteiger partial charge in [0.1, 0.15) is 18.3 Å². The van der Waals surface area contributed by atoms with Gasteiger partial charge in [-0.3, -0.25) is 0 Å². The minimum Gasteiger partial charge on any atom is -0.374 e. The van der Waals surface area contributed by atoms with Crippen LogP contribution in [-0.4, -0.2) is 37.1 Å². The zero-order valence-electron chi connectivity index (χ0n) is 23.4. The van der Waals surface area contributed by atoms with Crippen LogP contribution in [0.4, 0.5) is 0 Å². The molecule has 0 aromatic heterocycles. The molecule has 5 rings (SSSR count). The van der Waals surface area contributed by atoms with Crippen molar-refractivity contribution in [2.24, 2.45) is 0 Å². The van der Waals surface area contributed by atoms with Crippen molar-refractivity contribution in [1.29, 1.82) is 0 Å². The van der Waals surface area contributed by atoms with E-state index in [2.05, 4.69) is 72.6 Å². The van der Waals surface area contributed by atoms with E-state index < -0.39 is 0 Å². The molecule has 0 aliphatic carbocycles. The predicted molar refractivity (Wildman–Crippen MR) is 162 cm³/mol. The molecule has 0 spiro atoms. The molecular formula is C36H39NO4. The van der Waals surface area contributed by atoms with Crippen LogP contribution in [0.15, 0.2) is 134 Å². The lowest BCUT2D eigenvalue weighted by molar-refractivity contribution is -0.224. The monoisotopic (exact) mass is 549 g/mol. The van der Waals surface area contributed by atoms with Gasteiger partial charge >= 0.3 is 0 Å². The van der Waals surface area contributed by atoms with E-state index in [9.17, 15) is 0 Å². The van der Waals surface area contributed by atoms with Crippen LogP contribution in [0.5, 0.6) is 0 Å². The van der Waals surface area contributed by atoms with Gasteiger partial charge in [0.15, 0.2) is 0 Å². The molecule has 4 aromatic carbocycles. The smallest absolute Gasteiger partial charge is 0.114 e. The number of ether oxygens (including phenoxy) is 4. The zero-order valence-corrected chi connectivity index (χ0v) is 23.4. The molecule has 0 unspecified atom stereocenters. The summed E-state index contributed by atoms with van der Waals surface area (Å²) < 4.78 is 26.2. The van der Waals surface area contributed by atoms with Crippen molar-refractivity contribution in [3.63, 3.8) is 0 Å². The van der Waals surface area contributed by atoms with E-state index in [1.54, 1.807) is 0 Å². The number of nitrogens with one attached hydrogen (secondary N) is 1. The molecule has 41 heavy (non-hydrogen) atoms. The van der Waals surface area contributed by atoms with Gasteiger partial charge in [0, 0.05) is 6.54 Å². The minimum absolute atomic E-state index is 0.178. The normalized spacial score (nSPS) is 22.3. The van der Waals surface area contributed by atoms with Crippen molar-refractivity contribution in [2.75, 3.05) is 6.61 Å². The summed E-state index contributed by atoms with van der Waals surface area (Å²) in [5, 5.41) is 3.71. The molecule has 0 saturated carbocycles. The summed E-state index contributed by atoms with van der Waals surface area (Å²) in [4.78, 5) is 0. The third-order valence-corrected chi connectivity index (χ3v) is 7.31. The first kappa shape index (κ1) is 28.9. The van der Waals surface area contributed by atoms with Gasteiger partial charge in [-0.25, -0.2) is 0 Å². The van der Waals surface area contributed by atoms with Crippen LogP contribution in [0.3, 0.4) is 0 Å². The molecule has 5 atom stereocenters. The Morgan fingerprint density at radius 1 is 0.610 bits per heavy atom. The van der Waals surface area contributed by atoms with E-state index in [0.717, 1.165) is 16.7 Å². The molecule has 1 aliphatic heterocycles. The zero-order chi connectivity index (χ0) is 28.1. The lowest BCUT2D eigenvalue weighted by Gasteiger charge is -2.46. The maximum atomic E-state index is 6.73. The standard InChI is InChI=1S/C36H39NO4/c1-2-32-34(37-23-28-15-7-3-8-16-28)36(40-26-31-21-13-6-14-22-31)35(39-25-30-19-11-5-12-20-30)33(41-32)27-38-24-29-17-9-4-10-18-29/h2-22,32-37H,1,23-27H2/t32-,33-,34+,35-,36-/m1/s1. The molecule has 4 aromatic rings. The van der Waals surface area contributed by atoms with E-state index in [4.69, 9.17) is 18.9 Å². The Balaban J connectivity index is 1.39. The van der Waals surface area contributed by atoms with Gasteiger partial charge in [-0.15, -0.1) is 6.58 Å². The average Bonchev–Trinajstić information content (AvgIpc) is 3.04. The van der Waals surface area contributed by atoms with Gasteiger partial charge in [-0.05, 0) is 22.3 Å². The largest absolute Gasteiger partial charge is 0.374 e. The van der Waals surface area contributed by atoms with Crippen molar-refractivity contribution >= 4 is 0 Å². The molecule has 0 radical (unpaired) electrons. The lowest BCUT2D eigenvalue weighted by atomic mass is 9.91. The summed E-state index contributed by atoms with van der Waals surface area (Å²) >= 11 is 0. The molecular weight excluding hydrogens is 510 g/mol. The van der Waals surface area contributed by atoms with Crippen molar-refractivity contribution in [1.82, 2.24) is 5.32 Å². The van der Waals surface area contributed by atoms with Crippen LogP contribution in [0.2, 0.25) is 0 Å². The molecule has 1 saturated heterocycles. The van der Waals surface area contributed by atoms with Crippen LogP contribution < -0.4 is 5.32 Å². The number of rotatable bonds is 14. The van der Waals surface area contributed by atoms with Crippen molar-refractivity contribution < 1.29 is 18.9 Å². The van der Waals surface area contributed by atoms with Gasteiger partial charge in [-0.1, -0.05) is 127 Å². The van der Waals surface area contributed by atoms with Crippen LogP contribution >= 0.6 is 0 Å². The average molecular weight is 550 g/mol. The quantitative estimate of drug-likeness (QED) is 0.182. The van der Waals surface area contributed by atoms with Gasteiger partial charge in [-0.2, -0.15) is 0 Å². The Morgan fingerprint density at radius 2 is 1.07 bits per heavy atom. The summed E-state index contributed by atoms with van der Waals surface area (Å²) in [6.45, 7) is 6.56. The van der Waals surface area contributed by atoms with Gasteiger partial charge in [0.05, 0.1) is 38.6 Å². The Morgan fingerprint density at radius 3 is 1.59 bits per heavy atom. The summed E-state index contributed by atoms with van der Waals surface area (Å²) in [7, 11) is 0. The van der Waals surface area contributed by atoms with Gasteiger partial charge in [0.2, 0.25) is 0 Å². The molecule has 1 N–H and O–H groups in total. The molecule has 212 valence electrons. The molecule has 5 heteroatoms. The number of benzene rings is 4. The third kappa shape index (κ3) is 8.46.